The molecule has 1 aliphatic heterocycles. The Hall–Kier alpha value is -3.60. The minimum atomic E-state index is 0.0403. The van der Waals surface area contributed by atoms with E-state index in [4.69, 9.17) is 0 Å². The molecule has 5 rings (SSSR count). The molecule has 2 aromatic carbocycles. The van der Waals surface area contributed by atoms with Crippen LogP contribution in [0.25, 0.3) is 27.9 Å². The van der Waals surface area contributed by atoms with Gasteiger partial charge in [-0.1, -0.05) is 36.4 Å². The highest BCUT2D eigenvalue weighted by molar-refractivity contribution is 6.07. The number of anilines is 1. The van der Waals surface area contributed by atoms with Crippen molar-refractivity contribution in [2.45, 2.75) is 0 Å². The second-order valence-electron chi connectivity index (χ2n) is 7.31. The molecular weight excluding hydrogens is 360 g/mol. The Morgan fingerprint density at radius 2 is 1.66 bits per heavy atom. The molecule has 4 aromatic rings. The van der Waals surface area contributed by atoms with Crippen molar-refractivity contribution in [1.29, 1.82) is 0 Å². The molecule has 1 fully saturated rings. The van der Waals surface area contributed by atoms with Crippen LogP contribution in [-0.2, 0) is 4.79 Å². The minimum Gasteiger partial charge on any atom is -0.368 e. The summed E-state index contributed by atoms with van der Waals surface area (Å²) < 4.78 is 0. The lowest BCUT2D eigenvalue weighted by Crippen LogP contribution is -2.48. The quantitative estimate of drug-likeness (QED) is 0.543. The Morgan fingerprint density at radius 3 is 2.48 bits per heavy atom. The number of fused-ring (bicyclic) bond motifs is 3. The molecule has 1 aliphatic rings. The number of carbonyl (C=O) groups is 1. The Kier molecular flexibility index (Phi) is 4.48. The molecule has 0 spiro atoms. The lowest BCUT2D eigenvalue weighted by molar-refractivity contribution is -0.126. The number of pyridine rings is 1. The molecule has 3 heterocycles. The van der Waals surface area contributed by atoms with Crippen LogP contribution in [-0.4, -0.2) is 47.0 Å². The molecular formula is C24H22N4O. The molecule has 0 aliphatic carbocycles. The van der Waals surface area contributed by atoms with Gasteiger partial charge in [0.05, 0.1) is 17.4 Å². The van der Waals surface area contributed by atoms with Crippen LogP contribution in [0.5, 0.6) is 0 Å². The van der Waals surface area contributed by atoms with E-state index in [2.05, 4.69) is 39.1 Å². The summed E-state index contributed by atoms with van der Waals surface area (Å²) in [6, 6.07) is 20.6. The number of nitrogens with zero attached hydrogens (tertiary/aromatic N) is 3. The monoisotopic (exact) mass is 382 g/mol. The van der Waals surface area contributed by atoms with Gasteiger partial charge in [-0.3, -0.25) is 9.78 Å². The van der Waals surface area contributed by atoms with Gasteiger partial charge >= 0.3 is 0 Å². The number of aromatic nitrogens is 2. The first-order valence-electron chi connectivity index (χ1n) is 9.91. The largest absolute Gasteiger partial charge is 0.368 e. The third-order valence-electron chi connectivity index (χ3n) is 5.52. The number of hydrogen-bond acceptors (Lipinski definition) is 3. The lowest BCUT2D eigenvalue weighted by Gasteiger charge is -2.35. The first-order valence-corrected chi connectivity index (χ1v) is 9.91. The molecule has 0 unspecified atom stereocenters. The fourth-order valence-corrected chi connectivity index (χ4v) is 3.94. The smallest absolute Gasteiger partial charge is 0.246 e. The summed E-state index contributed by atoms with van der Waals surface area (Å²) in [7, 11) is 0. The number of benzene rings is 2. The molecule has 29 heavy (non-hydrogen) atoms. The van der Waals surface area contributed by atoms with E-state index >= 15 is 0 Å². The molecule has 0 bridgehead atoms. The molecule has 5 nitrogen and oxygen atoms in total. The van der Waals surface area contributed by atoms with Crippen molar-refractivity contribution >= 4 is 39.5 Å². The molecule has 0 saturated carbocycles. The van der Waals surface area contributed by atoms with Crippen molar-refractivity contribution in [2.75, 3.05) is 31.1 Å². The average Bonchev–Trinajstić information content (AvgIpc) is 3.16. The lowest BCUT2D eigenvalue weighted by atomic mass is 10.1. The van der Waals surface area contributed by atoms with Crippen LogP contribution in [0.15, 0.2) is 72.9 Å². The van der Waals surface area contributed by atoms with Crippen LogP contribution >= 0.6 is 0 Å². The highest BCUT2D eigenvalue weighted by atomic mass is 16.2. The number of H-pyrrole nitrogens is 1. The molecule has 0 radical (unpaired) electrons. The molecule has 144 valence electrons. The average molecular weight is 382 g/mol. The van der Waals surface area contributed by atoms with E-state index < -0.39 is 0 Å². The maximum absolute atomic E-state index is 12.6. The Morgan fingerprint density at radius 1 is 0.897 bits per heavy atom. The third kappa shape index (κ3) is 3.47. The van der Waals surface area contributed by atoms with Crippen LogP contribution in [0.1, 0.15) is 5.69 Å². The van der Waals surface area contributed by atoms with E-state index in [1.165, 1.54) is 11.1 Å². The summed E-state index contributed by atoms with van der Waals surface area (Å²) in [6.07, 6.45) is 5.28. The second-order valence-corrected chi connectivity index (χ2v) is 7.31. The van der Waals surface area contributed by atoms with Crippen molar-refractivity contribution < 1.29 is 4.79 Å². The number of piperazine rings is 1. The summed E-state index contributed by atoms with van der Waals surface area (Å²) in [6.45, 7) is 3.16. The minimum absolute atomic E-state index is 0.0403. The number of para-hydroxylation sites is 2. The van der Waals surface area contributed by atoms with E-state index in [0.717, 1.165) is 48.3 Å². The fourth-order valence-electron chi connectivity index (χ4n) is 3.94. The van der Waals surface area contributed by atoms with Crippen LogP contribution in [0.2, 0.25) is 0 Å². The van der Waals surface area contributed by atoms with Gasteiger partial charge in [0.25, 0.3) is 0 Å². The first kappa shape index (κ1) is 17.5. The van der Waals surface area contributed by atoms with Gasteiger partial charge in [-0.25, -0.2) is 0 Å². The first-order chi connectivity index (χ1) is 14.3. The highest BCUT2D eigenvalue weighted by Crippen LogP contribution is 2.25. The summed E-state index contributed by atoms with van der Waals surface area (Å²) in [4.78, 5) is 24.7. The van der Waals surface area contributed by atoms with Crippen molar-refractivity contribution in [2.24, 2.45) is 0 Å². The molecule has 1 amide bonds. The van der Waals surface area contributed by atoms with Gasteiger partial charge in [-0.05, 0) is 30.3 Å². The number of nitrogens with one attached hydrogen (secondary N) is 1. The number of aromatic amines is 1. The van der Waals surface area contributed by atoms with E-state index in [-0.39, 0.29) is 5.91 Å². The fraction of sp³-hybridized carbons (Fsp3) is 0.167. The predicted octanol–water partition coefficient (Wildman–Crippen LogP) is 4.08. The standard InChI is InChI=1S/C24H22N4O/c29-24(28-14-12-27(13-15-28)19-6-2-1-3-7-19)11-10-18-16-21-20-8-4-5-9-22(20)26-23(21)17-25-18/h1-11,16-17,26H,12-15H2/b11-10+. The second kappa shape index (κ2) is 7.43. The number of rotatable bonds is 3. The predicted molar refractivity (Wildman–Crippen MR) is 118 cm³/mol. The zero-order chi connectivity index (χ0) is 19.6. The van der Waals surface area contributed by atoms with Gasteiger partial charge < -0.3 is 14.8 Å². The van der Waals surface area contributed by atoms with Gasteiger partial charge in [-0.15, -0.1) is 0 Å². The number of hydrogen-bond donors (Lipinski definition) is 1. The van der Waals surface area contributed by atoms with Gasteiger partial charge in [0.1, 0.15) is 0 Å². The van der Waals surface area contributed by atoms with Gasteiger partial charge in [0.15, 0.2) is 0 Å². The van der Waals surface area contributed by atoms with Crippen LogP contribution < -0.4 is 4.90 Å². The van der Waals surface area contributed by atoms with E-state index in [9.17, 15) is 4.79 Å². The van der Waals surface area contributed by atoms with Crippen LogP contribution in [0.3, 0.4) is 0 Å². The summed E-state index contributed by atoms with van der Waals surface area (Å²) >= 11 is 0. The van der Waals surface area contributed by atoms with Gasteiger partial charge in [0, 0.05) is 54.2 Å². The Balaban J connectivity index is 1.28. The Bertz CT molecular complexity index is 1190. The molecule has 1 saturated heterocycles. The van der Waals surface area contributed by atoms with E-state index in [0.29, 0.717) is 0 Å². The SMILES string of the molecule is O=C(/C=C/c1cc2c(cn1)[nH]c1ccccc12)N1CCN(c2ccccc2)CC1. The third-order valence-corrected chi connectivity index (χ3v) is 5.52. The summed E-state index contributed by atoms with van der Waals surface area (Å²) in [5.74, 6) is 0.0403. The maximum Gasteiger partial charge on any atom is 0.246 e. The van der Waals surface area contributed by atoms with Gasteiger partial charge in [-0.2, -0.15) is 0 Å². The normalized spacial score (nSPS) is 14.9. The summed E-state index contributed by atoms with van der Waals surface area (Å²) in [5, 5.41) is 2.29. The Labute approximate surface area is 169 Å². The molecule has 5 heteroatoms. The molecule has 0 atom stereocenters. The van der Waals surface area contributed by atoms with Crippen molar-refractivity contribution in [1.82, 2.24) is 14.9 Å². The zero-order valence-corrected chi connectivity index (χ0v) is 16.1. The van der Waals surface area contributed by atoms with E-state index in [1.54, 1.807) is 6.08 Å². The summed E-state index contributed by atoms with van der Waals surface area (Å²) in [5.41, 5.74) is 4.11. The van der Waals surface area contributed by atoms with E-state index in [1.807, 2.05) is 53.6 Å². The van der Waals surface area contributed by atoms with Crippen LogP contribution in [0, 0.1) is 0 Å². The highest BCUT2D eigenvalue weighted by Gasteiger charge is 2.19. The number of carbonyl (C=O) groups excluding carboxylic acids is 1. The van der Waals surface area contributed by atoms with Crippen molar-refractivity contribution in [3.63, 3.8) is 0 Å². The topological polar surface area (TPSA) is 52.2 Å². The zero-order valence-electron chi connectivity index (χ0n) is 16.1. The number of amides is 1. The van der Waals surface area contributed by atoms with Crippen LogP contribution in [0.4, 0.5) is 5.69 Å². The van der Waals surface area contributed by atoms with Crippen molar-refractivity contribution in [3.05, 3.63) is 78.6 Å². The molecule has 2 aromatic heterocycles. The maximum atomic E-state index is 12.6. The van der Waals surface area contributed by atoms with Crippen molar-refractivity contribution in [3.8, 4) is 0 Å². The molecule has 1 N–H and O–H groups in total. The van der Waals surface area contributed by atoms with Gasteiger partial charge in [0.2, 0.25) is 5.91 Å².